The van der Waals surface area contributed by atoms with Gasteiger partial charge >= 0.3 is 5.97 Å². The molecule has 3 heterocycles. The van der Waals surface area contributed by atoms with Crippen LogP contribution in [0.25, 0.3) is 16.7 Å². The maximum atomic E-state index is 14.2. The van der Waals surface area contributed by atoms with Crippen LogP contribution in [0.3, 0.4) is 0 Å². The molecule has 0 saturated heterocycles. The Morgan fingerprint density at radius 1 is 0.918 bits per heavy atom. The number of carbonyl (C=O) groups is 1. The Balaban J connectivity index is 1.17. The maximum Gasteiger partial charge on any atom is 0.344 e. The minimum atomic E-state index is -4.10. The Morgan fingerprint density at radius 2 is 1.67 bits per heavy atom. The third-order valence-corrected chi connectivity index (χ3v) is 11.4. The lowest BCUT2D eigenvalue weighted by molar-refractivity contribution is -0.145. The number of thioether (sulfide) groups is 2. The van der Waals surface area contributed by atoms with Crippen LogP contribution in [0.15, 0.2) is 118 Å². The highest BCUT2D eigenvalue weighted by atomic mass is 32.2. The summed E-state index contributed by atoms with van der Waals surface area (Å²) < 4.78 is 48.0. The lowest BCUT2D eigenvalue weighted by Crippen LogP contribution is -2.16. The summed E-state index contributed by atoms with van der Waals surface area (Å²) >= 11 is 2.88. The van der Waals surface area contributed by atoms with Gasteiger partial charge in [0.05, 0.1) is 28.7 Å². The fraction of sp³-hybridized carbons (Fsp3) is 0.194. The van der Waals surface area contributed by atoms with Gasteiger partial charge in [-0.1, -0.05) is 29.5 Å². The van der Waals surface area contributed by atoms with Gasteiger partial charge in [-0.15, -0.1) is 11.8 Å². The van der Waals surface area contributed by atoms with Crippen molar-refractivity contribution in [3.05, 3.63) is 120 Å². The molecule has 49 heavy (non-hydrogen) atoms. The van der Waals surface area contributed by atoms with Crippen molar-refractivity contribution in [2.75, 3.05) is 26.1 Å². The zero-order valence-electron chi connectivity index (χ0n) is 27.1. The van der Waals surface area contributed by atoms with Gasteiger partial charge in [0.1, 0.15) is 18.1 Å². The first-order chi connectivity index (χ1) is 23.7. The molecule has 6 rings (SSSR count). The van der Waals surface area contributed by atoms with Crippen molar-refractivity contribution in [1.82, 2.24) is 18.5 Å². The van der Waals surface area contributed by atoms with Crippen molar-refractivity contribution >= 4 is 50.5 Å². The van der Waals surface area contributed by atoms with E-state index in [0.717, 1.165) is 21.8 Å². The number of hydrogen-bond acceptors (Lipinski definition) is 10. The zero-order valence-corrected chi connectivity index (χ0v) is 29.6. The second-order valence-electron chi connectivity index (χ2n) is 10.9. The van der Waals surface area contributed by atoms with Crippen LogP contribution >= 0.6 is 23.5 Å². The number of ether oxygens (including phenoxy) is 3. The largest absolute Gasteiger partial charge is 0.496 e. The van der Waals surface area contributed by atoms with Gasteiger partial charge in [0.25, 0.3) is 10.0 Å². The molecular formula is C36H34N4O6S3. The highest BCUT2D eigenvalue weighted by Gasteiger charge is 2.26. The molecule has 3 aromatic heterocycles. The molecule has 0 unspecified atom stereocenters. The van der Waals surface area contributed by atoms with E-state index in [0.29, 0.717) is 39.2 Å². The van der Waals surface area contributed by atoms with Gasteiger partial charge in [0.2, 0.25) is 0 Å². The molecule has 0 fully saturated rings. The number of methoxy groups -OCH3 is 1. The minimum Gasteiger partial charge on any atom is -0.496 e. The van der Waals surface area contributed by atoms with E-state index in [1.165, 1.54) is 45.6 Å². The lowest BCUT2D eigenvalue weighted by Gasteiger charge is -2.12. The van der Waals surface area contributed by atoms with E-state index in [4.69, 9.17) is 19.2 Å². The number of esters is 1. The number of aryl methyl sites for hydroxylation is 1. The van der Waals surface area contributed by atoms with Gasteiger partial charge in [0, 0.05) is 46.2 Å². The predicted molar refractivity (Wildman–Crippen MR) is 192 cm³/mol. The first-order valence-corrected chi connectivity index (χ1v) is 18.7. The van der Waals surface area contributed by atoms with E-state index >= 15 is 0 Å². The van der Waals surface area contributed by atoms with Crippen LogP contribution in [-0.4, -0.2) is 59.0 Å². The van der Waals surface area contributed by atoms with Crippen molar-refractivity contribution < 1.29 is 27.4 Å². The first kappa shape index (κ1) is 34.2. The molecule has 0 atom stereocenters. The molecule has 0 spiro atoms. The molecule has 6 aromatic rings. The highest BCUT2D eigenvalue weighted by molar-refractivity contribution is 7.99. The molecule has 0 N–H and O–H groups in total. The van der Waals surface area contributed by atoms with E-state index in [1.807, 2.05) is 79.3 Å². The zero-order chi connectivity index (χ0) is 34.4. The monoisotopic (exact) mass is 714 g/mol. The number of benzene rings is 3. The van der Waals surface area contributed by atoms with E-state index in [9.17, 15) is 13.2 Å². The SMILES string of the molecule is COc1ccnc(CSc2nc3cc(-n4cccc4)ccc3n2S(=O)(=O)c2ccc(OCC(=O)OCCSc3ccc(C)cc3)cc2)c1C. The molecule has 13 heteroatoms. The summed E-state index contributed by atoms with van der Waals surface area (Å²) in [5.41, 5.74) is 4.65. The molecule has 0 bridgehead atoms. The summed E-state index contributed by atoms with van der Waals surface area (Å²) in [5.74, 6) is 1.53. The summed E-state index contributed by atoms with van der Waals surface area (Å²) in [6.45, 7) is 3.90. The Bertz CT molecular complexity index is 2170. The predicted octanol–water partition coefficient (Wildman–Crippen LogP) is 7.09. The summed E-state index contributed by atoms with van der Waals surface area (Å²) in [6, 6.07) is 25.2. The number of carbonyl (C=O) groups excluding carboxylic acids is 1. The molecular weight excluding hydrogens is 681 g/mol. The number of aromatic nitrogens is 4. The summed E-state index contributed by atoms with van der Waals surface area (Å²) in [5, 5.41) is 0.298. The number of rotatable bonds is 14. The van der Waals surface area contributed by atoms with E-state index < -0.39 is 16.0 Å². The third-order valence-electron chi connectivity index (χ3n) is 7.64. The van der Waals surface area contributed by atoms with E-state index in [1.54, 1.807) is 37.2 Å². The Kier molecular flexibility index (Phi) is 10.6. The molecule has 10 nitrogen and oxygen atoms in total. The molecule has 0 radical (unpaired) electrons. The molecule has 0 aliphatic rings. The fourth-order valence-corrected chi connectivity index (χ4v) is 8.49. The molecule has 0 amide bonds. The van der Waals surface area contributed by atoms with Crippen LogP contribution in [0.1, 0.15) is 16.8 Å². The third kappa shape index (κ3) is 7.96. The van der Waals surface area contributed by atoms with Gasteiger partial charge in [-0.25, -0.2) is 22.2 Å². The van der Waals surface area contributed by atoms with Crippen molar-refractivity contribution in [3.8, 4) is 17.2 Å². The van der Waals surface area contributed by atoms with Gasteiger partial charge < -0.3 is 18.8 Å². The quantitative estimate of drug-likeness (QED) is 0.0658. The van der Waals surface area contributed by atoms with Crippen molar-refractivity contribution in [2.24, 2.45) is 0 Å². The average Bonchev–Trinajstić information content (AvgIpc) is 3.78. The normalized spacial score (nSPS) is 11.5. The van der Waals surface area contributed by atoms with Crippen LogP contribution in [0.4, 0.5) is 0 Å². The van der Waals surface area contributed by atoms with Gasteiger partial charge in [0.15, 0.2) is 11.8 Å². The molecule has 0 aliphatic carbocycles. The maximum absolute atomic E-state index is 14.2. The standard InChI is InChI=1S/C36H34N4O6S3/c1-25-6-11-29(12-7-25)47-21-20-45-35(41)23-46-28-9-13-30(14-10-28)49(42,43)40-33-15-8-27(39-18-4-5-19-39)22-31(33)38-36(40)48-24-32-26(2)34(44-3)16-17-37-32/h4-19,22H,20-21,23-24H2,1-3H3. The Morgan fingerprint density at radius 3 is 2.41 bits per heavy atom. The highest BCUT2D eigenvalue weighted by Crippen LogP contribution is 2.33. The Hall–Kier alpha value is -4.72. The fourth-order valence-electron chi connectivity index (χ4n) is 5.02. The average molecular weight is 715 g/mol. The molecule has 252 valence electrons. The second-order valence-corrected chi connectivity index (χ2v) is 14.8. The summed E-state index contributed by atoms with van der Waals surface area (Å²) in [4.78, 5) is 22.7. The van der Waals surface area contributed by atoms with Crippen LogP contribution in [0.2, 0.25) is 0 Å². The number of hydrogen-bond donors (Lipinski definition) is 0. The molecule has 0 saturated carbocycles. The second kappa shape index (κ2) is 15.2. The minimum absolute atomic E-state index is 0.0434. The number of fused-ring (bicyclic) bond motifs is 1. The van der Waals surface area contributed by atoms with Crippen molar-refractivity contribution in [3.63, 3.8) is 0 Å². The van der Waals surface area contributed by atoms with Gasteiger partial charge in [-0.3, -0.25) is 4.98 Å². The topological polar surface area (TPSA) is 115 Å². The molecule has 0 aliphatic heterocycles. The van der Waals surface area contributed by atoms with Gasteiger partial charge in [-0.2, -0.15) is 0 Å². The van der Waals surface area contributed by atoms with Crippen LogP contribution in [0, 0.1) is 13.8 Å². The van der Waals surface area contributed by atoms with E-state index in [-0.39, 0.29) is 18.1 Å². The number of imidazole rings is 1. The van der Waals surface area contributed by atoms with Crippen LogP contribution < -0.4 is 9.47 Å². The lowest BCUT2D eigenvalue weighted by atomic mass is 10.2. The van der Waals surface area contributed by atoms with E-state index in [2.05, 4.69) is 4.98 Å². The number of nitrogens with zero attached hydrogens (tertiary/aromatic N) is 4. The summed E-state index contributed by atoms with van der Waals surface area (Å²) in [7, 11) is -2.50. The van der Waals surface area contributed by atoms with Crippen molar-refractivity contribution in [1.29, 1.82) is 0 Å². The number of pyridine rings is 1. The Labute approximate surface area is 293 Å². The smallest absolute Gasteiger partial charge is 0.344 e. The van der Waals surface area contributed by atoms with Crippen LogP contribution in [-0.2, 0) is 25.3 Å². The van der Waals surface area contributed by atoms with Gasteiger partial charge in [-0.05, 0) is 86.6 Å². The summed E-state index contributed by atoms with van der Waals surface area (Å²) in [6.07, 6.45) is 5.49. The van der Waals surface area contributed by atoms with Crippen LogP contribution in [0.5, 0.6) is 11.5 Å². The first-order valence-electron chi connectivity index (χ1n) is 15.3. The van der Waals surface area contributed by atoms with Crippen molar-refractivity contribution in [2.45, 2.75) is 34.5 Å². The molecule has 3 aromatic carbocycles.